The monoisotopic (exact) mass is 369 g/mol. The van der Waals surface area contributed by atoms with Crippen LogP contribution in [-0.2, 0) is 16.1 Å². The summed E-state index contributed by atoms with van der Waals surface area (Å²) in [6.07, 6.45) is 4.06. The van der Waals surface area contributed by atoms with Crippen LogP contribution in [0.3, 0.4) is 0 Å². The fourth-order valence-corrected chi connectivity index (χ4v) is 4.35. The number of aromatic nitrogens is 2. The van der Waals surface area contributed by atoms with Gasteiger partial charge < -0.3 is 9.80 Å². The number of fused-ring (bicyclic) bond motifs is 1. The normalized spacial score (nSPS) is 24.6. The second-order valence-corrected chi connectivity index (χ2v) is 7.89. The van der Waals surface area contributed by atoms with E-state index in [4.69, 9.17) is 0 Å². The van der Waals surface area contributed by atoms with Gasteiger partial charge in [0.2, 0.25) is 11.8 Å². The number of nitrogens with zero attached hydrogens (tertiary/aromatic N) is 5. The molecule has 1 aromatic heterocycles. The lowest BCUT2D eigenvalue weighted by Crippen LogP contribution is -2.62. The zero-order valence-corrected chi connectivity index (χ0v) is 16.1. The Hall–Kier alpha value is -2.41. The van der Waals surface area contributed by atoms with Crippen molar-refractivity contribution in [3.8, 4) is 0 Å². The highest BCUT2D eigenvalue weighted by Crippen LogP contribution is 2.32. The molecule has 0 radical (unpaired) electrons. The molecule has 2 aliphatic heterocycles. The number of piperazine rings is 1. The van der Waals surface area contributed by atoms with E-state index in [-0.39, 0.29) is 23.9 Å². The Morgan fingerprint density at radius 1 is 1.15 bits per heavy atom. The molecule has 2 aliphatic rings. The van der Waals surface area contributed by atoms with Gasteiger partial charge >= 0.3 is 0 Å². The van der Waals surface area contributed by atoms with E-state index in [1.54, 1.807) is 10.9 Å². The van der Waals surface area contributed by atoms with Crippen molar-refractivity contribution >= 4 is 22.7 Å². The van der Waals surface area contributed by atoms with E-state index in [9.17, 15) is 9.59 Å². The Bertz CT molecular complexity index is 863. The molecule has 3 heterocycles. The summed E-state index contributed by atoms with van der Waals surface area (Å²) in [5.74, 6) is 0.298. The van der Waals surface area contributed by atoms with Gasteiger partial charge in [0.05, 0.1) is 11.7 Å². The molecule has 27 heavy (non-hydrogen) atoms. The molecule has 0 bridgehead atoms. The first-order valence-corrected chi connectivity index (χ1v) is 9.62. The largest absolute Gasteiger partial charge is 0.346 e. The molecular formula is C20H27N5O2. The van der Waals surface area contributed by atoms with Gasteiger partial charge in [0.1, 0.15) is 6.54 Å². The molecule has 1 atom stereocenters. The first-order chi connectivity index (χ1) is 13.0. The van der Waals surface area contributed by atoms with Crippen LogP contribution < -0.4 is 0 Å². The van der Waals surface area contributed by atoms with Crippen molar-refractivity contribution in [1.29, 1.82) is 0 Å². The zero-order chi connectivity index (χ0) is 19.0. The Morgan fingerprint density at radius 3 is 2.81 bits per heavy atom. The number of para-hydroxylation sites is 1. The second-order valence-electron chi connectivity index (χ2n) is 7.89. The fourth-order valence-electron chi connectivity index (χ4n) is 4.35. The minimum Gasteiger partial charge on any atom is -0.346 e. The third-order valence-corrected chi connectivity index (χ3v) is 6.33. The fraction of sp³-hybridized carbons (Fsp3) is 0.550. The maximum Gasteiger partial charge on any atom is 0.244 e. The maximum absolute atomic E-state index is 13.0. The van der Waals surface area contributed by atoms with E-state index in [2.05, 4.69) is 17.0 Å². The van der Waals surface area contributed by atoms with Crippen LogP contribution in [0.15, 0.2) is 30.5 Å². The molecule has 0 saturated carbocycles. The van der Waals surface area contributed by atoms with E-state index in [0.29, 0.717) is 13.0 Å². The lowest BCUT2D eigenvalue weighted by atomic mass is 9.86. The molecule has 0 aliphatic carbocycles. The highest BCUT2D eigenvalue weighted by Gasteiger charge is 2.42. The van der Waals surface area contributed by atoms with E-state index >= 15 is 0 Å². The number of hydrogen-bond donors (Lipinski definition) is 0. The van der Waals surface area contributed by atoms with Crippen LogP contribution in [0, 0.1) is 0 Å². The number of rotatable bonds is 2. The summed E-state index contributed by atoms with van der Waals surface area (Å²) in [5.41, 5.74) is 0.872. The van der Waals surface area contributed by atoms with Crippen LogP contribution >= 0.6 is 0 Å². The summed E-state index contributed by atoms with van der Waals surface area (Å²) in [5, 5.41) is 5.44. The van der Waals surface area contributed by atoms with Crippen molar-refractivity contribution < 1.29 is 9.59 Å². The average Bonchev–Trinajstić information content (AvgIpc) is 3.02. The van der Waals surface area contributed by atoms with Crippen LogP contribution in [0.1, 0.15) is 19.3 Å². The summed E-state index contributed by atoms with van der Waals surface area (Å²) in [7, 11) is 3.99. The van der Waals surface area contributed by atoms with E-state index in [1.165, 1.54) is 0 Å². The molecule has 1 spiro atoms. The Kier molecular flexibility index (Phi) is 4.63. The summed E-state index contributed by atoms with van der Waals surface area (Å²) in [6, 6.07) is 7.95. The maximum atomic E-state index is 13.0. The molecule has 7 nitrogen and oxygen atoms in total. The summed E-state index contributed by atoms with van der Waals surface area (Å²) >= 11 is 0. The highest BCUT2D eigenvalue weighted by molar-refractivity contribution is 5.82. The molecule has 1 aromatic carbocycles. The average molecular weight is 369 g/mol. The van der Waals surface area contributed by atoms with E-state index in [1.807, 2.05) is 41.1 Å². The van der Waals surface area contributed by atoms with Gasteiger partial charge in [0.25, 0.3) is 0 Å². The molecule has 144 valence electrons. The number of hydrogen-bond acceptors (Lipinski definition) is 4. The number of carbonyl (C=O) groups excluding carboxylic acids is 2. The summed E-state index contributed by atoms with van der Waals surface area (Å²) in [4.78, 5) is 31.3. The minimum atomic E-state index is -0.111. The summed E-state index contributed by atoms with van der Waals surface area (Å²) < 4.78 is 1.78. The molecule has 1 unspecified atom stereocenters. The first-order valence-electron chi connectivity index (χ1n) is 9.62. The van der Waals surface area contributed by atoms with Crippen molar-refractivity contribution in [3.05, 3.63) is 30.5 Å². The van der Waals surface area contributed by atoms with E-state index in [0.717, 1.165) is 43.4 Å². The molecule has 2 fully saturated rings. The first kappa shape index (κ1) is 18.0. The second kappa shape index (κ2) is 6.96. The van der Waals surface area contributed by atoms with Crippen LogP contribution in [-0.4, -0.2) is 82.1 Å². The van der Waals surface area contributed by atoms with Crippen LogP contribution in [0.5, 0.6) is 0 Å². The number of carbonyl (C=O) groups is 2. The zero-order valence-electron chi connectivity index (χ0n) is 16.1. The quantitative estimate of drug-likeness (QED) is 0.798. The van der Waals surface area contributed by atoms with Gasteiger partial charge in [-0.3, -0.25) is 19.2 Å². The standard InChI is InChI=1S/C20H27N5O2/c1-22-10-9-20(8-7-18(22)26)15-24(12-11-23(20)2)19(27)14-25-17-6-4-3-5-16(17)13-21-25/h3-6,13H,7-12,14-15H2,1-2H3. The molecule has 4 rings (SSSR count). The van der Waals surface area contributed by atoms with Gasteiger partial charge in [-0.1, -0.05) is 18.2 Å². The van der Waals surface area contributed by atoms with Crippen LogP contribution in [0.25, 0.3) is 10.9 Å². The Morgan fingerprint density at radius 2 is 1.96 bits per heavy atom. The van der Waals surface area contributed by atoms with Gasteiger partial charge in [-0.05, 0) is 26.0 Å². The Balaban J connectivity index is 1.50. The third-order valence-electron chi connectivity index (χ3n) is 6.33. The molecular weight excluding hydrogens is 342 g/mol. The number of benzene rings is 1. The van der Waals surface area contributed by atoms with Gasteiger partial charge in [-0.2, -0.15) is 5.10 Å². The SMILES string of the molecule is CN1CCC2(CCC1=O)CN(C(=O)Cn1ncc3ccccc31)CCN2C. The third kappa shape index (κ3) is 3.32. The minimum absolute atomic E-state index is 0.0975. The molecule has 0 N–H and O–H groups in total. The molecule has 2 saturated heterocycles. The molecule has 7 heteroatoms. The van der Waals surface area contributed by atoms with Crippen molar-refractivity contribution in [3.63, 3.8) is 0 Å². The van der Waals surface area contributed by atoms with Crippen molar-refractivity contribution in [1.82, 2.24) is 24.5 Å². The lowest BCUT2D eigenvalue weighted by molar-refractivity contribution is -0.137. The topological polar surface area (TPSA) is 61.7 Å². The molecule has 2 aromatic rings. The van der Waals surface area contributed by atoms with Crippen molar-refractivity contribution in [2.45, 2.75) is 31.3 Å². The smallest absolute Gasteiger partial charge is 0.244 e. The Labute approximate surface area is 159 Å². The van der Waals surface area contributed by atoms with Crippen LogP contribution in [0.2, 0.25) is 0 Å². The van der Waals surface area contributed by atoms with E-state index < -0.39 is 0 Å². The van der Waals surface area contributed by atoms with Gasteiger partial charge in [0.15, 0.2) is 0 Å². The van der Waals surface area contributed by atoms with Crippen LogP contribution in [0.4, 0.5) is 0 Å². The van der Waals surface area contributed by atoms with Gasteiger partial charge in [-0.25, -0.2) is 0 Å². The number of amides is 2. The number of likely N-dealkylation sites (tertiary alicyclic amines) is 1. The predicted octanol–water partition coefficient (Wildman–Crippen LogP) is 1.19. The van der Waals surface area contributed by atoms with Gasteiger partial charge in [0, 0.05) is 50.6 Å². The molecule has 2 amide bonds. The number of likely N-dealkylation sites (N-methyl/N-ethyl adjacent to an activating group) is 1. The lowest BCUT2D eigenvalue weighted by Gasteiger charge is -2.49. The van der Waals surface area contributed by atoms with Crippen molar-refractivity contribution in [2.75, 3.05) is 40.3 Å². The summed E-state index contributed by atoms with van der Waals surface area (Å²) in [6.45, 7) is 3.24. The predicted molar refractivity (Wildman–Crippen MR) is 103 cm³/mol. The highest BCUT2D eigenvalue weighted by atomic mass is 16.2. The van der Waals surface area contributed by atoms with Gasteiger partial charge in [-0.15, -0.1) is 0 Å². The van der Waals surface area contributed by atoms with Crippen molar-refractivity contribution in [2.24, 2.45) is 0 Å².